The van der Waals surface area contributed by atoms with E-state index < -0.39 is 0 Å². The molecule has 0 unspecified atom stereocenters. The van der Waals surface area contributed by atoms with Gasteiger partial charge in [0.2, 0.25) is 5.91 Å². The van der Waals surface area contributed by atoms with Gasteiger partial charge in [0.05, 0.1) is 0 Å². The number of nitrogens with zero attached hydrogens (tertiary/aromatic N) is 2. The van der Waals surface area contributed by atoms with Crippen molar-refractivity contribution in [2.45, 2.75) is 46.6 Å². The molecule has 1 saturated carbocycles. The highest BCUT2D eigenvalue weighted by Gasteiger charge is 2.29. The molecule has 1 aliphatic carbocycles. The smallest absolute Gasteiger partial charge is 0.269 e. The SMILES string of the molecule is Cc1nc(C)c(C)c(N[C@@H](C)c2ccc(C(=O)NNC(=O)C3CC3)cc2)n1. The molecule has 0 aliphatic heterocycles. The molecule has 1 aromatic carbocycles. The van der Waals surface area contributed by atoms with Gasteiger partial charge in [0, 0.05) is 28.8 Å². The van der Waals surface area contributed by atoms with Gasteiger partial charge in [0.1, 0.15) is 11.6 Å². The molecule has 0 bridgehead atoms. The van der Waals surface area contributed by atoms with E-state index in [1.807, 2.05) is 39.8 Å². The number of rotatable bonds is 5. The third-order valence-electron chi connectivity index (χ3n) is 4.77. The van der Waals surface area contributed by atoms with E-state index in [0.29, 0.717) is 5.56 Å². The molecular formula is C20H25N5O2. The van der Waals surface area contributed by atoms with Gasteiger partial charge in [-0.15, -0.1) is 0 Å². The summed E-state index contributed by atoms with van der Waals surface area (Å²) in [6.07, 6.45) is 1.79. The van der Waals surface area contributed by atoms with Crippen LogP contribution in [0.2, 0.25) is 0 Å². The van der Waals surface area contributed by atoms with Crippen molar-refractivity contribution in [2.24, 2.45) is 5.92 Å². The maximum absolute atomic E-state index is 12.1. The quantitative estimate of drug-likeness (QED) is 0.706. The Labute approximate surface area is 159 Å². The van der Waals surface area contributed by atoms with Crippen LogP contribution in [-0.4, -0.2) is 21.8 Å². The topological polar surface area (TPSA) is 96.0 Å². The third kappa shape index (κ3) is 4.61. The Kier molecular flexibility index (Phi) is 5.39. The number of benzene rings is 1. The first kappa shape index (κ1) is 18.8. The fraction of sp³-hybridized carbons (Fsp3) is 0.400. The summed E-state index contributed by atoms with van der Waals surface area (Å²) in [5.74, 6) is 1.15. The molecule has 1 aromatic heterocycles. The second kappa shape index (κ2) is 7.73. The molecule has 2 amide bonds. The van der Waals surface area contributed by atoms with E-state index in [2.05, 4.69) is 26.1 Å². The van der Waals surface area contributed by atoms with Crippen LogP contribution in [0.25, 0.3) is 0 Å². The van der Waals surface area contributed by atoms with Gasteiger partial charge >= 0.3 is 0 Å². The van der Waals surface area contributed by atoms with E-state index in [4.69, 9.17) is 0 Å². The molecule has 142 valence electrons. The molecule has 2 aromatic rings. The Bertz CT molecular complexity index is 859. The van der Waals surface area contributed by atoms with Crippen molar-refractivity contribution >= 4 is 17.6 Å². The molecule has 1 aliphatic rings. The van der Waals surface area contributed by atoms with Crippen molar-refractivity contribution in [3.8, 4) is 0 Å². The maximum Gasteiger partial charge on any atom is 0.269 e. The largest absolute Gasteiger partial charge is 0.363 e. The molecule has 1 fully saturated rings. The molecule has 0 saturated heterocycles. The molecule has 3 N–H and O–H groups in total. The first-order valence-electron chi connectivity index (χ1n) is 9.13. The highest BCUT2D eigenvalue weighted by atomic mass is 16.2. The van der Waals surface area contributed by atoms with Crippen LogP contribution in [0.3, 0.4) is 0 Å². The van der Waals surface area contributed by atoms with E-state index in [0.717, 1.165) is 41.3 Å². The fourth-order valence-corrected chi connectivity index (χ4v) is 2.76. The number of aromatic nitrogens is 2. The number of anilines is 1. The number of carbonyl (C=O) groups excluding carboxylic acids is 2. The van der Waals surface area contributed by atoms with Crippen molar-refractivity contribution in [3.05, 3.63) is 52.5 Å². The minimum absolute atomic E-state index is 0.0177. The summed E-state index contributed by atoms with van der Waals surface area (Å²) in [5, 5.41) is 3.41. The van der Waals surface area contributed by atoms with Gasteiger partial charge < -0.3 is 5.32 Å². The lowest BCUT2D eigenvalue weighted by Crippen LogP contribution is -2.42. The molecule has 1 heterocycles. The number of hydrogen-bond acceptors (Lipinski definition) is 5. The third-order valence-corrected chi connectivity index (χ3v) is 4.77. The zero-order valence-corrected chi connectivity index (χ0v) is 16.1. The summed E-state index contributed by atoms with van der Waals surface area (Å²) in [6, 6.07) is 7.30. The van der Waals surface area contributed by atoms with E-state index in [1.54, 1.807) is 12.1 Å². The Balaban J connectivity index is 1.62. The maximum atomic E-state index is 12.1. The van der Waals surface area contributed by atoms with Crippen LogP contribution in [0.15, 0.2) is 24.3 Å². The van der Waals surface area contributed by atoms with E-state index in [1.165, 1.54) is 0 Å². The minimum Gasteiger partial charge on any atom is -0.363 e. The van der Waals surface area contributed by atoms with Gasteiger partial charge in [-0.2, -0.15) is 0 Å². The lowest BCUT2D eigenvalue weighted by molar-refractivity contribution is -0.123. The second-order valence-corrected chi connectivity index (χ2v) is 7.04. The Morgan fingerprint density at radius 3 is 2.33 bits per heavy atom. The summed E-state index contributed by atoms with van der Waals surface area (Å²) < 4.78 is 0. The monoisotopic (exact) mass is 367 g/mol. The molecule has 1 atom stereocenters. The normalized spacial score (nSPS) is 14.4. The van der Waals surface area contributed by atoms with Crippen LogP contribution >= 0.6 is 0 Å². The van der Waals surface area contributed by atoms with Gasteiger partial charge in [-0.3, -0.25) is 20.4 Å². The van der Waals surface area contributed by atoms with E-state index in [-0.39, 0.29) is 23.8 Å². The van der Waals surface area contributed by atoms with Crippen LogP contribution < -0.4 is 16.2 Å². The van der Waals surface area contributed by atoms with Crippen molar-refractivity contribution in [1.82, 2.24) is 20.8 Å². The first-order valence-corrected chi connectivity index (χ1v) is 9.13. The summed E-state index contributed by atoms with van der Waals surface area (Å²) in [7, 11) is 0. The number of hydrogen-bond donors (Lipinski definition) is 3. The number of aryl methyl sites for hydroxylation is 2. The van der Waals surface area contributed by atoms with Crippen LogP contribution in [0.4, 0.5) is 5.82 Å². The predicted molar refractivity (Wildman–Crippen MR) is 103 cm³/mol. The van der Waals surface area contributed by atoms with E-state index in [9.17, 15) is 9.59 Å². The highest BCUT2D eigenvalue weighted by Crippen LogP contribution is 2.28. The van der Waals surface area contributed by atoms with Crippen LogP contribution in [0.5, 0.6) is 0 Å². The molecule has 7 heteroatoms. The lowest BCUT2D eigenvalue weighted by atomic mass is 10.1. The van der Waals surface area contributed by atoms with Crippen molar-refractivity contribution in [2.75, 3.05) is 5.32 Å². The Morgan fingerprint density at radius 2 is 1.70 bits per heavy atom. The van der Waals surface area contributed by atoms with Crippen LogP contribution in [-0.2, 0) is 4.79 Å². The van der Waals surface area contributed by atoms with Crippen LogP contribution in [0, 0.1) is 26.7 Å². The summed E-state index contributed by atoms with van der Waals surface area (Å²) >= 11 is 0. The van der Waals surface area contributed by atoms with Gasteiger partial charge in [-0.25, -0.2) is 9.97 Å². The van der Waals surface area contributed by atoms with Gasteiger partial charge in [0.15, 0.2) is 0 Å². The zero-order chi connectivity index (χ0) is 19.6. The summed E-state index contributed by atoms with van der Waals surface area (Å²) in [5.41, 5.74) is 8.42. The standard InChI is InChI=1S/C20H25N5O2/c1-11-12(2)21-14(4)23-18(11)22-13(3)15-5-7-16(8-6-15)19(26)24-25-20(27)17-9-10-17/h5-8,13,17H,9-10H2,1-4H3,(H,24,26)(H,25,27)(H,21,22,23)/t13-/m0/s1. The number of nitrogens with one attached hydrogen (secondary N) is 3. The molecular weight excluding hydrogens is 342 g/mol. The van der Waals surface area contributed by atoms with E-state index >= 15 is 0 Å². The molecule has 0 spiro atoms. The fourth-order valence-electron chi connectivity index (χ4n) is 2.76. The average molecular weight is 367 g/mol. The predicted octanol–water partition coefficient (Wildman–Crippen LogP) is 2.75. The molecule has 0 radical (unpaired) electrons. The zero-order valence-electron chi connectivity index (χ0n) is 16.1. The average Bonchev–Trinajstić information content (AvgIpc) is 3.48. The van der Waals surface area contributed by atoms with Crippen molar-refractivity contribution in [3.63, 3.8) is 0 Å². The Hall–Kier alpha value is -2.96. The minimum atomic E-state index is -0.325. The molecule has 3 rings (SSSR count). The van der Waals surface area contributed by atoms with Gasteiger partial charge in [-0.1, -0.05) is 12.1 Å². The molecule has 27 heavy (non-hydrogen) atoms. The van der Waals surface area contributed by atoms with Crippen LogP contribution in [0.1, 0.15) is 58.8 Å². The highest BCUT2D eigenvalue weighted by molar-refractivity contribution is 5.95. The Morgan fingerprint density at radius 1 is 1.04 bits per heavy atom. The van der Waals surface area contributed by atoms with Crippen molar-refractivity contribution < 1.29 is 9.59 Å². The van der Waals surface area contributed by atoms with Crippen molar-refractivity contribution in [1.29, 1.82) is 0 Å². The van der Waals surface area contributed by atoms with Gasteiger partial charge in [0.25, 0.3) is 5.91 Å². The second-order valence-electron chi connectivity index (χ2n) is 7.04. The lowest BCUT2D eigenvalue weighted by Gasteiger charge is -2.18. The first-order chi connectivity index (χ1) is 12.8. The number of amides is 2. The molecule has 7 nitrogen and oxygen atoms in total. The van der Waals surface area contributed by atoms with Gasteiger partial charge in [-0.05, 0) is 58.2 Å². The summed E-state index contributed by atoms with van der Waals surface area (Å²) in [4.78, 5) is 32.6. The summed E-state index contributed by atoms with van der Waals surface area (Å²) in [6.45, 7) is 7.87. The number of hydrazine groups is 1. The number of carbonyl (C=O) groups is 2.